The highest BCUT2D eigenvalue weighted by Crippen LogP contribution is 2.27. The van der Waals surface area contributed by atoms with Crippen molar-refractivity contribution < 1.29 is 4.92 Å². The second-order valence-electron chi connectivity index (χ2n) is 4.86. The summed E-state index contributed by atoms with van der Waals surface area (Å²) in [6.07, 6.45) is 7.44. The number of benzene rings is 1. The van der Waals surface area contributed by atoms with Gasteiger partial charge in [-0.25, -0.2) is 0 Å². The SMILES string of the molecule is Nc1cc(NC2CCCCCC2)ccc1[N+](=O)[O-]. The van der Waals surface area contributed by atoms with E-state index in [1.807, 2.05) is 0 Å². The summed E-state index contributed by atoms with van der Waals surface area (Å²) in [6.45, 7) is 0. The molecule has 98 valence electrons. The summed E-state index contributed by atoms with van der Waals surface area (Å²) in [6, 6.07) is 5.32. The fourth-order valence-corrected chi connectivity index (χ4v) is 2.47. The molecule has 0 bridgehead atoms. The van der Waals surface area contributed by atoms with E-state index < -0.39 is 4.92 Å². The minimum Gasteiger partial charge on any atom is -0.393 e. The quantitative estimate of drug-likeness (QED) is 0.372. The molecule has 0 aromatic heterocycles. The minimum absolute atomic E-state index is 0.0265. The van der Waals surface area contributed by atoms with Crippen LogP contribution in [-0.2, 0) is 0 Å². The largest absolute Gasteiger partial charge is 0.393 e. The highest BCUT2D eigenvalue weighted by Gasteiger charge is 2.14. The van der Waals surface area contributed by atoms with Gasteiger partial charge >= 0.3 is 0 Å². The van der Waals surface area contributed by atoms with Gasteiger partial charge in [0.1, 0.15) is 5.69 Å². The number of nitro groups is 1. The third-order valence-electron chi connectivity index (χ3n) is 3.45. The molecule has 5 nitrogen and oxygen atoms in total. The molecule has 2 rings (SSSR count). The van der Waals surface area contributed by atoms with Crippen LogP contribution < -0.4 is 11.1 Å². The lowest BCUT2D eigenvalue weighted by atomic mass is 10.1. The summed E-state index contributed by atoms with van der Waals surface area (Å²) in [5.41, 5.74) is 6.75. The second kappa shape index (κ2) is 5.71. The van der Waals surface area contributed by atoms with Crippen molar-refractivity contribution in [3.05, 3.63) is 28.3 Å². The Labute approximate surface area is 107 Å². The number of nitrogens with two attached hydrogens (primary N) is 1. The van der Waals surface area contributed by atoms with Crippen LogP contribution in [0.15, 0.2) is 18.2 Å². The molecule has 1 aromatic carbocycles. The van der Waals surface area contributed by atoms with Crippen molar-refractivity contribution in [2.24, 2.45) is 0 Å². The van der Waals surface area contributed by atoms with Gasteiger partial charge in [0.2, 0.25) is 0 Å². The van der Waals surface area contributed by atoms with Gasteiger partial charge in [-0.05, 0) is 25.0 Å². The van der Waals surface area contributed by atoms with Crippen LogP contribution in [0.1, 0.15) is 38.5 Å². The lowest BCUT2D eigenvalue weighted by Gasteiger charge is -2.17. The molecule has 1 saturated carbocycles. The smallest absolute Gasteiger partial charge is 0.292 e. The molecule has 5 heteroatoms. The number of hydrogen-bond donors (Lipinski definition) is 2. The Morgan fingerprint density at radius 3 is 2.44 bits per heavy atom. The van der Waals surface area contributed by atoms with E-state index in [1.54, 1.807) is 12.1 Å². The minimum atomic E-state index is -0.454. The molecule has 1 aliphatic carbocycles. The second-order valence-corrected chi connectivity index (χ2v) is 4.86. The molecular weight excluding hydrogens is 230 g/mol. The third-order valence-corrected chi connectivity index (χ3v) is 3.45. The molecule has 1 fully saturated rings. The topological polar surface area (TPSA) is 81.2 Å². The number of nitrogens with zero attached hydrogens (tertiary/aromatic N) is 1. The Morgan fingerprint density at radius 2 is 1.89 bits per heavy atom. The van der Waals surface area contributed by atoms with Crippen molar-refractivity contribution >= 4 is 17.1 Å². The normalized spacial score (nSPS) is 17.1. The van der Waals surface area contributed by atoms with Gasteiger partial charge in [0.25, 0.3) is 5.69 Å². The Hall–Kier alpha value is -1.78. The molecular formula is C13H19N3O2. The summed E-state index contributed by atoms with van der Waals surface area (Å²) in [5, 5.41) is 14.1. The Balaban J connectivity index is 2.05. The molecule has 0 spiro atoms. The first kappa shape index (κ1) is 12.7. The molecule has 0 unspecified atom stereocenters. The first-order valence-electron chi connectivity index (χ1n) is 6.47. The predicted molar refractivity (Wildman–Crippen MR) is 72.6 cm³/mol. The summed E-state index contributed by atoms with van der Waals surface area (Å²) in [5.74, 6) is 0. The van der Waals surface area contributed by atoms with Gasteiger partial charge in [-0.1, -0.05) is 25.7 Å². The Bertz CT molecular complexity index is 426. The maximum Gasteiger partial charge on any atom is 0.292 e. The molecule has 0 amide bonds. The summed E-state index contributed by atoms with van der Waals surface area (Å²) < 4.78 is 0. The van der Waals surface area contributed by atoms with Gasteiger partial charge < -0.3 is 11.1 Å². The third kappa shape index (κ3) is 3.12. The zero-order valence-corrected chi connectivity index (χ0v) is 10.4. The van der Waals surface area contributed by atoms with Gasteiger partial charge in [-0.2, -0.15) is 0 Å². The number of rotatable bonds is 3. The van der Waals surface area contributed by atoms with Crippen LogP contribution in [0.4, 0.5) is 17.1 Å². The highest BCUT2D eigenvalue weighted by atomic mass is 16.6. The lowest BCUT2D eigenvalue weighted by molar-refractivity contribution is -0.383. The number of nitro benzene ring substituents is 1. The van der Waals surface area contributed by atoms with E-state index in [-0.39, 0.29) is 11.4 Å². The summed E-state index contributed by atoms with van der Waals surface area (Å²) >= 11 is 0. The standard InChI is InChI=1S/C13H19N3O2/c14-12-9-11(7-8-13(12)16(17)18)15-10-5-3-1-2-4-6-10/h7-10,15H,1-6,14H2. The maximum atomic E-state index is 10.7. The van der Waals surface area contributed by atoms with E-state index in [1.165, 1.54) is 31.7 Å². The number of nitrogens with one attached hydrogen (secondary N) is 1. The molecule has 0 heterocycles. The van der Waals surface area contributed by atoms with Crippen LogP contribution in [0, 0.1) is 10.1 Å². The Kier molecular flexibility index (Phi) is 4.02. The summed E-state index contributed by atoms with van der Waals surface area (Å²) in [4.78, 5) is 10.2. The van der Waals surface area contributed by atoms with Gasteiger partial charge in [-0.3, -0.25) is 10.1 Å². The first-order valence-corrected chi connectivity index (χ1v) is 6.47. The van der Waals surface area contributed by atoms with Crippen LogP contribution in [0.2, 0.25) is 0 Å². The van der Waals surface area contributed by atoms with Gasteiger partial charge in [0.05, 0.1) is 4.92 Å². The van der Waals surface area contributed by atoms with Crippen molar-refractivity contribution in [1.82, 2.24) is 0 Å². The van der Waals surface area contributed by atoms with Crippen LogP contribution in [0.5, 0.6) is 0 Å². The average molecular weight is 249 g/mol. The van der Waals surface area contributed by atoms with Crippen LogP contribution in [0.25, 0.3) is 0 Å². The van der Waals surface area contributed by atoms with E-state index in [2.05, 4.69) is 5.32 Å². The van der Waals surface area contributed by atoms with Gasteiger partial charge in [0.15, 0.2) is 0 Å². The van der Waals surface area contributed by atoms with E-state index in [4.69, 9.17) is 5.73 Å². The molecule has 1 aliphatic rings. The maximum absolute atomic E-state index is 10.7. The number of nitrogen functional groups attached to an aromatic ring is 1. The fraction of sp³-hybridized carbons (Fsp3) is 0.538. The van der Waals surface area contributed by atoms with Gasteiger partial charge in [0, 0.05) is 17.8 Å². The molecule has 3 N–H and O–H groups in total. The monoisotopic (exact) mass is 249 g/mol. The van der Waals surface area contributed by atoms with E-state index in [0.29, 0.717) is 6.04 Å². The molecule has 1 aromatic rings. The van der Waals surface area contributed by atoms with Crippen LogP contribution in [0.3, 0.4) is 0 Å². The van der Waals surface area contributed by atoms with Crippen molar-refractivity contribution in [2.45, 2.75) is 44.6 Å². The molecule has 18 heavy (non-hydrogen) atoms. The number of hydrogen-bond acceptors (Lipinski definition) is 4. The molecule has 0 aliphatic heterocycles. The fourth-order valence-electron chi connectivity index (χ4n) is 2.47. The Morgan fingerprint density at radius 1 is 1.22 bits per heavy atom. The zero-order chi connectivity index (χ0) is 13.0. The van der Waals surface area contributed by atoms with Crippen molar-refractivity contribution in [3.8, 4) is 0 Å². The summed E-state index contributed by atoms with van der Waals surface area (Å²) in [7, 11) is 0. The van der Waals surface area contributed by atoms with E-state index in [9.17, 15) is 10.1 Å². The zero-order valence-electron chi connectivity index (χ0n) is 10.4. The van der Waals surface area contributed by atoms with E-state index in [0.717, 1.165) is 18.5 Å². The van der Waals surface area contributed by atoms with Crippen LogP contribution >= 0.6 is 0 Å². The highest BCUT2D eigenvalue weighted by molar-refractivity contribution is 5.66. The van der Waals surface area contributed by atoms with E-state index >= 15 is 0 Å². The molecule has 0 atom stereocenters. The first-order chi connectivity index (χ1) is 8.66. The average Bonchev–Trinajstić information content (AvgIpc) is 2.57. The number of anilines is 2. The predicted octanol–water partition coefficient (Wildman–Crippen LogP) is 3.31. The van der Waals surface area contributed by atoms with Crippen LogP contribution in [-0.4, -0.2) is 11.0 Å². The molecule has 0 radical (unpaired) electrons. The molecule has 0 saturated heterocycles. The van der Waals surface area contributed by atoms with Crippen molar-refractivity contribution in [3.63, 3.8) is 0 Å². The van der Waals surface area contributed by atoms with Crippen molar-refractivity contribution in [2.75, 3.05) is 11.1 Å². The van der Waals surface area contributed by atoms with Crippen molar-refractivity contribution in [1.29, 1.82) is 0 Å². The van der Waals surface area contributed by atoms with Gasteiger partial charge in [-0.15, -0.1) is 0 Å². The lowest BCUT2D eigenvalue weighted by Crippen LogP contribution is -2.18.